The average Bonchev–Trinajstić information content (AvgIpc) is 3.89. The number of hydrogen-bond acceptors (Lipinski definition) is 3. The second-order valence-corrected chi connectivity index (χ2v) is 17.8. The van der Waals surface area contributed by atoms with E-state index in [4.69, 9.17) is 15.0 Å². The SMILES string of the molecule is c1ccc(-c2nc(-c3ccc4c(c3)C(c3ccccc3)(c3ccccc3)c3ccccc3-4)nc(-c3cc4c(cc3-c3ccccc3)-c3ccccc3C4(c3ccccc3)c3ccccc3)n2)cc1. The molecule has 0 N–H and O–H groups in total. The zero-order chi connectivity index (χ0) is 45.1. The predicted octanol–water partition coefficient (Wildman–Crippen LogP) is 15.3. The summed E-state index contributed by atoms with van der Waals surface area (Å²) in [5, 5.41) is 0. The van der Waals surface area contributed by atoms with Crippen LogP contribution in [0.2, 0.25) is 0 Å². The van der Waals surface area contributed by atoms with Crippen molar-refractivity contribution in [3.05, 3.63) is 305 Å². The third-order valence-electron chi connectivity index (χ3n) is 14.3. The Balaban J connectivity index is 1.10. The fourth-order valence-corrected chi connectivity index (χ4v) is 11.5. The molecule has 0 fully saturated rings. The van der Waals surface area contributed by atoms with E-state index in [0.29, 0.717) is 17.5 Å². The minimum absolute atomic E-state index is 0.573. The maximum absolute atomic E-state index is 5.60. The molecule has 0 amide bonds. The fourth-order valence-electron chi connectivity index (χ4n) is 11.5. The van der Waals surface area contributed by atoms with Crippen LogP contribution in [-0.2, 0) is 10.8 Å². The molecular formula is C65H43N3. The van der Waals surface area contributed by atoms with Crippen LogP contribution in [0.3, 0.4) is 0 Å². The van der Waals surface area contributed by atoms with Crippen molar-refractivity contribution in [3.63, 3.8) is 0 Å². The number of hydrogen-bond donors (Lipinski definition) is 0. The third kappa shape index (κ3) is 5.96. The number of aromatic nitrogens is 3. The Bertz CT molecular complexity index is 3570. The molecule has 0 saturated heterocycles. The van der Waals surface area contributed by atoms with Gasteiger partial charge in [-0.1, -0.05) is 243 Å². The summed E-state index contributed by atoms with van der Waals surface area (Å²) >= 11 is 0. The van der Waals surface area contributed by atoms with E-state index in [1.54, 1.807) is 0 Å². The van der Waals surface area contributed by atoms with E-state index in [0.717, 1.165) is 27.8 Å². The molecule has 0 atom stereocenters. The van der Waals surface area contributed by atoms with Crippen LogP contribution in [-0.4, -0.2) is 15.0 Å². The molecule has 11 aromatic rings. The molecule has 318 valence electrons. The van der Waals surface area contributed by atoms with Gasteiger partial charge in [-0.15, -0.1) is 0 Å². The summed E-state index contributed by atoms with van der Waals surface area (Å²) in [6.07, 6.45) is 0. The number of nitrogens with zero attached hydrogens (tertiary/aromatic N) is 3. The van der Waals surface area contributed by atoms with Crippen LogP contribution < -0.4 is 0 Å². The topological polar surface area (TPSA) is 38.7 Å². The molecule has 0 unspecified atom stereocenters. The maximum Gasteiger partial charge on any atom is 0.164 e. The molecular weight excluding hydrogens is 823 g/mol. The average molecular weight is 866 g/mol. The Labute approximate surface area is 396 Å². The zero-order valence-electron chi connectivity index (χ0n) is 37.2. The van der Waals surface area contributed by atoms with Gasteiger partial charge >= 0.3 is 0 Å². The van der Waals surface area contributed by atoms with Crippen LogP contribution in [0.25, 0.3) is 67.5 Å². The molecule has 0 saturated carbocycles. The summed E-state index contributed by atoms with van der Waals surface area (Å²) in [6, 6.07) is 94.2. The molecule has 0 bridgehead atoms. The molecule has 1 aromatic heterocycles. The van der Waals surface area contributed by atoms with Crippen LogP contribution in [0.1, 0.15) is 44.5 Å². The second-order valence-electron chi connectivity index (χ2n) is 17.8. The minimum atomic E-state index is -0.607. The summed E-state index contributed by atoms with van der Waals surface area (Å²) in [6.45, 7) is 0. The van der Waals surface area contributed by atoms with E-state index in [9.17, 15) is 0 Å². The van der Waals surface area contributed by atoms with Crippen molar-refractivity contribution in [2.24, 2.45) is 0 Å². The smallest absolute Gasteiger partial charge is 0.164 e. The highest BCUT2D eigenvalue weighted by molar-refractivity contribution is 5.94. The zero-order valence-corrected chi connectivity index (χ0v) is 37.2. The molecule has 0 radical (unpaired) electrons. The number of benzene rings is 10. The van der Waals surface area contributed by atoms with Gasteiger partial charge in [0.15, 0.2) is 17.5 Å². The first kappa shape index (κ1) is 39.6. The lowest BCUT2D eigenvalue weighted by Gasteiger charge is -2.34. The molecule has 10 aromatic carbocycles. The Morgan fingerprint density at radius 2 is 0.574 bits per heavy atom. The summed E-state index contributed by atoms with van der Waals surface area (Å²) in [7, 11) is 0. The highest BCUT2D eigenvalue weighted by Gasteiger charge is 2.48. The van der Waals surface area contributed by atoms with Gasteiger partial charge in [0.05, 0.1) is 10.8 Å². The van der Waals surface area contributed by atoms with Gasteiger partial charge < -0.3 is 0 Å². The summed E-state index contributed by atoms with van der Waals surface area (Å²) in [4.78, 5) is 16.4. The molecule has 3 heteroatoms. The van der Waals surface area contributed by atoms with Crippen LogP contribution in [0.5, 0.6) is 0 Å². The van der Waals surface area contributed by atoms with Gasteiger partial charge in [-0.3, -0.25) is 0 Å². The van der Waals surface area contributed by atoms with Crippen molar-refractivity contribution in [3.8, 4) is 67.5 Å². The molecule has 0 aliphatic heterocycles. The van der Waals surface area contributed by atoms with Crippen molar-refractivity contribution >= 4 is 0 Å². The highest BCUT2D eigenvalue weighted by atomic mass is 15.0. The summed E-state index contributed by atoms with van der Waals surface area (Å²) in [5.41, 5.74) is 18.4. The van der Waals surface area contributed by atoms with Gasteiger partial charge in [0.25, 0.3) is 0 Å². The van der Waals surface area contributed by atoms with Crippen LogP contribution >= 0.6 is 0 Å². The van der Waals surface area contributed by atoms with Crippen molar-refractivity contribution in [1.29, 1.82) is 0 Å². The molecule has 68 heavy (non-hydrogen) atoms. The summed E-state index contributed by atoms with van der Waals surface area (Å²) < 4.78 is 0. The monoisotopic (exact) mass is 865 g/mol. The minimum Gasteiger partial charge on any atom is -0.208 e. The standard InChI is InChI=1S/C65H43N3/c1-7-23-44(24-8-1)54-42-55-52-36-20-22-38-58(52)65(49-31-15-5-16-32-49,50-33-17-6-18-34-50)60(55)43-56(54)63-67-61(45-25-9-2-10-26-45)66-62(68-63)46-39-40-53-51-35-19-21-37-57(51)64(59(53)41-46,47-27-11-3-12-28-47)48-29-13-4-14-30-48/h1-43H. The van der Waals surface area contributed by atoms with Crippen LogP contribution in [0.15, 0.2) is 261 Å². The van der Waals surface area contributed by atoms with E-state index in [2.05, 4.69) is 255 Å². The lowest BCUT2D eigenvalue weighted by molar-refractivity contribution is 0.768. The van der Waals surface area contributed by atoms with Gasteiger partial charge in [0.2, 0.25) is 0 Å². The first-order valence-electron chi connectivity index (χ1n) is 23.4. The van der Waals surface area contributed by atoms with Crippen molar-refractivity contribution in [2.45, 2.75) is 10.8 Å². The predicted molar refractivity (Wildman–Crippen MR) is 276 cm³/mol. The van der Waals surface area contributed by atoms with E-state index in [1.807, 2.05) is 6.07 Å². The van der Waals surface area contributed by atoms with Gasteiger partial charge in [-0.25, -0.2) is 15.0 Å². The maximum atomic E-state index is 5.60. The molecule has 0 spiro atoms. The number of fused-ring (bicyclic) bond motifs is 6. The van der Waals surface area contributed by atoms with Crippen LogP contribution in [0.4, 0.5) is 0 Å². The van der Waals surface area contributed by atoms with Crippen molar-refractivity contribution in [1.82, 2.24) is 15.0 Å². The Morgan fingerprint density at radius 1 is 0.206 bits per heavy atom. The van der Waals surface area contributed by atoms with Crippen LogP contribution in [0, 0.1) is 0 Å². The first-order chi connectivity index (χ1) is 33.7. The largest absolute Gasteiger partial charge is 0.208 e. The molecule has 3 nitrogen and oxygen atoms in total. The van der Waals surface area contributed by atoms with E-state index < -0.39 is 10.8 Å². The lowest BCUT2D eigenvalue weighted by atomic mass is 9.67. The second kappa shape index (κ2) is 16.0. The molecule has 2 aliphatic rings. The van der Waals surface area contributed by atoms with Gasteiger partial charge in [0.1, 0.15) is 0 Å². The van der Waals surface area contributed by atoms with Gasteiger partial charge in [-0.2, -0.15) is 0 Å². The lowest BCUT2D eigenvalue weighted by Crippen LogP contribution is -2.28. The van der Waals surface area contributed by atoms with E-state index >= 15 is 0 Å². The Morgan fingerprint density at radius 3 is 1.07 bits per heavy atom. The first-order valence-corrected chi connectivity index (χ1v) is 23.4. The summed E-state index contributed by atoms with van der Waals surface area (Å²) in [5.74, 6) is 1.84. The van der Waals surface area contributed by atoms with Crippen molar-refractivity contribution in [2.75, 3.05) is 0 Å². The quantitative estimate of drug-likeness (QED) is 0.153. The van der Waals surface area contributed by atoms with Crippen molar-refractivity contribution < 1.29 is 0 Å². The van der Waals surface area contributed by atoms with Gasteiger partial charge in [-0.05, 0) is 96.1 Å². The molecule has 1 heterocycles. The Kier molecular flexibility index (Phi) is 9.29. The Hall–Kier alpha value is -8.79. The normalized spacial score (nSPS) is 13.5. The van der Waals surface area contributed by atoms with E-state index in [-0.39, 0.29) is 0 Å². The molecule has 13 rings (SSSR count). The third-order valence-corrected chi connectivity index (χ3v) is 14.3. The molecule has 2 aliphatic carbocycles. The highest BCUT2D eigenvalue weighted by Crippen LogP contribution is 2.59. The van der Waals surface area contributed by atoms with Gasteiger partial charge in [0, 0.05) is 16.7 Å². The fraction of sp³-hybridized carbons (Fsp3) is 0.0308. The van der Waals surface area contributed by atoms with E-state index in [1.165, 1.54) is 66.8 Å². The number of rotatable bonds is 8.